The Morgan fingerprint density at radius 2 is 0.697 bits per heavy atom. The van der Waals surface area contributed by atoms with Crippen LogP contribution in [0.5, 0.6) is 0 Å². The lowest BCUT2D eigenvalue weighted by Crippen LogP contribution is -2.45. The summed E-state index contributed by atoms with van der Waals surface area (Å²) < 4.78 is 0. The molecule has 0 N–H and O–H groups in total. The van der Waals surface area contributed by atoms with E-state index in [9.17, 15) is 0 Å². The van der Waals surface area contributed by atoms with Gasteiger partial charge in [-0.2, -0.15) is 0 Å². The Labute approximate surface area is 198 Å². The van der Waals surface area contributed by atoms with Crippen molar-refractivity contribution in [3.8, 4) is 0 Å². The fourth-order valence-corrected chi connectivity index (χ4v) is 4.29. The average molecular weight is 433 g/mol. The lowest BCUT2D eigenvalue weighted by atomic mass is 10.1. The summed E-state index contributed by atoms with van der Waals surface area (Å²) in [6.07, 6.45) is 2.17. The van der Waals surface area contributed by atoms with E-state index in [0.29, 0.717) is 0 Å². The van der Waals surface area contributed by atoms with E-state index in [2.05, 4.69) is 144 Å². The molecule has 4 aromatic carbocycles. The Morgan fingerprint density at radius 3 is 0.909 bits per heavy atom. The molecule has 2 nitrogen and oxygen atoms in total. The summed E-state index contributed by atoms with van der Waals surface area (Å²) in [6, 6.07) is 42.9. The van der Waals surface area contributed by atoms with Crippen LogP contribution in [0.3, 0.4) is 0 Å². The molecule has 0 unspecified atom stereocenters. The fraction of sp³-hybridized carbons (Fsp3) is 0.161. The lowest BCUT2D eigenvalue weighted by Gasteiger charge is -2.38. The molecule has 2 heteroatoms. The molecule has 0 spiro atoms. The van der Waals surface area contributed by atoms with Crippen LogP contribution in [0.2, 0.25) is 0 Å². The van der Waals surface area contributed by atoms with Crippen molar-refractivity contribution in [2.75, 3.05) is 0 Å². The Kier molecular flexibility index (Phi) is 8.24. The predicted octanol–water partition coefficient (Wildman–Crippen LogP) is 6.90. The zero-order valence-electron chi connectivity index (χ0n) is 19.1. The largest absolute Gasteiger partial charge is 0.276 e. The zero-order valence-corrected chi connectivity index (χ0v) is 19.1. The molecule has 0 atom stereocenters. The van der Waals surface area contributed by atoms with Crippen LogP contribution in [0, 0.1) is 0 Å². The zero-order chi connectivity index (χ0) is 22.7. The molecule has 0 aromatic heterocycles. The van der Waals surface area contributed by atoms with Crippen LogP contribution in [-0.4, -0.2) is 16.0 Å². The van der Waals surface area contributed by atoms with E-state index in [0.717, 1.165) is 26.2 Å². The van der Waals surface area contributed by atoms with E-state index < -0.39 is 0 Å². The highest BCUT2D eigenvalue weighted by molar-refractivity contribution is 5.20. The third kappa shape index (κ3) is 6.76. The quantitative estimate of drug-likeness (QED) is 0.188. The average Bonchev–Trinajstić information content (AvgIpc) is 2.87. The molecule has 0 amide bonds. The fourth-order valence-electron chi connectivity index (χ4n) is 4.29. The first-order valence-electron chi connectivity index (χ1n) is 11.6. The summed E-state index contributed by atoms with van der Waals surface area (Å²) >= 11 is 0. The Balaban J connectivity index is 1.66. The van der Waals surface area contributed by atoms with Crippen molar-refractivity contribution in [1.29, 1.82) is 0 Å². The topological polar surface area (TPSA) is 6.48 Å². The number of rotatable bonds is 11. The maximum absolute atomic E-state index is 4.29. The Morgan fingerprint density at radius 1 is 0.455 bits per heavy atom. The molecule has 0 fully saturated rings. The smallest absolute Gasteiger partial charge is 0.0823 e. The normalized spacial score (nSPS) is 11.2. The van der Waals surface area contributed by atoms with Gasteiger partial charge in [-0.3, -0.25) is 9.80 Å². The molecular formula is C31H32N2. The van der Waals surface area contributed by atoms with Gasteiger partial charge in [0.2, 0.25) is 0 Å². The van der Waals surface area contributed by atoms with Gasteiger partial charge in [0.15, 0.2) is 0 Å². The van der Waals surface area contributed by atoms with E-state index in [-0.39, 0.29) is 6.17 Å². The van der Waals surface area contributed by atoms with Crippen LogP contribution in [0.1, 0.15) is 22.3 Å². The van der Waals surface area contributed by atoms with E-state index in [4.69, 9.17) is 0 Å². The second-order valence-corrected chi connectivity index (χ2v) is 8.40. The van der Waals surface area contributed by atoms with E-state index in [1.54, 1.807) is 0 Å². The number of hydrogen-bond donors (Lipinski definition) is 0. The third-order valence-electron chi connectivity index (χ3n) is 5.87. The summed E-state index contributed by atoms with van der Waals surface area (Å²) in [4.78, 5) is 5.03. The summed E-state index contributed by atoms with van der Waals surface area (Å²) in [5.41, 5.74) is 5.22. The molecule has 0 bridgehead atoms. The SMILES string of the molecule is C=CC(N(Cc1ccccc1)Cc1ccccc1)N(Cc1ccccc1)Cc1ccccc1. The first-order valence-corrected chi connectivity index (χ1v) is 11.6. The molecule has 166 valence electrons. The van der Waals surface area contributed by atoms with Gasteiger partial charge in [-0.1, -0.05) is 127 Å². The van der Waals surface area contributed by atoms with Gasteiger partial charge in [-0.25, -0.2) is 0 Å². The highest BCUT2D eigenvalue weighted by atomic mass is 15.3. The minimum atomic E-state index is 0.0748. The van der Waals surface area contributed by atoms with Crippen LogP contribution >= 0.6 is 0 Å². The van der Waals surface area contributed by atoms with Crippen LogP contribution in [0.25, 0.3) is 0 Å². The van der Waals surface area contributed by atoms with Crippen molar-refractivity contribution in [2.24, 2.45) is 0 Å². The van der Waals surface area contributed by atoms with Crippen LogP contribution < -0.4 is 0 Å². The van der Waals surface area contributed by atoms with Crippen LogP contribution in [0.4, 0.5) is 0 Å². The predicted molar refractivity (Wildman–Crippen MR) is 138 cm³/mol. The standard InChI is InChI=1S/C31H32N2/c1-2-31(32(23-27-15-7-3-8-16-27)24-28-17-9-4-10-18-28)33(25-29-19-11-5-12-20-29)26-30-21-13-6-14-22-30/h2-22,31H,1,23-26H2. The van der Waals surface area contributed by atoms with Crippen LogP contribution in [0.15, 0.2) is 134 Å². The maximum Gasteiger partial charge on any atom is 0.0823 e. The van der Waals surface area contributed by atoms with E-state index in [1.165, 1.54) is 22.3 Å². The molecular weight excluding hydrogens is 400 g/mol. The molecule has 33 heavy (non-hydrogen) atoms. The molecule has 0 aliphatic rings. The van der Waals surface area contributed by atoms with Gasteiger partial charge in [0.25, 0.3) is 0 Å². The minimum absolute atomic E-state index is 0.0748. The maximum atomic E-state index is 4.29. The van der Waals surface area contributed by atoms with Gasteiger partial charge in [0.05, 0.1) is 6.17 Å². The van der Waals surface area contributed by atoms with Crippen molar-refractivity contribution >= 4 is 0 Å². The number of hydrogen-bond acceptors (Lipinski definition) is 2. The van der Waals surface area contributed by atoms with Gasteiger partial charge in [0, 0.05) is 26.2 Å². The molecule has 0 radical (unpaired) electrons. The van der Waals surface area contributed by atoms with Crippen molar-refractivity contribution in [3.63, 3.8) is 0 Å². The minimum Gasteiger partial charge on any atom is -0.276 e. The summed E-state index contributed by atoms with van der Waals surface area (Å²) in [5.74, 6) is 0. The Hall–Kier alpha value is -3.46. The first kappa shape index (κ1) is 22.7. The number of nitrogens with zero attached hydrogens (tertiary/aromatic N) is 2. The molecule has 0 aliphatic carbocycles. The van der Waals surface area contributed by atoms with Crippen molar-refractivity contribution in [1.82, 2.24) is 9.80 Å². The van der Waals surface area contributed by atoms with Gasteiger partial charge >= 0.3 is 0 Å². The van der Waals surface area contributed by atoms with Gasteiger partial charge < -0.3 is 0 Å². The van der Waals surface area contributed by atoms with Gasteiger partial charge in [0.1, 0.15) is 0 Å². The summed E-state index contributed by atoms with van der Waals surface area (Å²) in [7, 11) is 0. The molecule has 0 saturated carbocycles. The van der Waals surface area contributed by atoms with E-state index >= 15 is 0 Å². The summed E-state index contributed by atoms with van der Waals surface area (Å²) in [6.45, 7) is 7.70. The lowest BCUT2D eigenvalue weighted by molar-refractivity contribution is 0.0509. The molecule has 0 aliphatic heterocycles. The molecule has 4 aromatic rings. The monoisotopic (exact) mass is 432 g/mol. The van der Waals surface area contributed by atoms with Crippen molar-refractivity contribution < 1.29 is 0 Å². The highest BCUT2D eigenvalue weighted by Crippen LogP contribution is 2.21. The molecule has 0 saturated heterocycles. The second-order valence-electron chi connectivity index (χ2n) is 8.40. The second kappa shape index (κ2) is 12.0. The molecule has 4 rings (SSSR count). The summed E-state index contributed by atoms with van der Waals surface area (Å²) in [5, 5.41) is 0. The van der Waals surface area contributed by atoms with E-state index in [1.807, 2.05) is 0 Å². The Bertz CT molecular complexity index is 909. The molecule has 0 heterocycles. The van der Waals surface area contributed by atoms with Crippen molar-refractivity contribution in [2.45, 2.75) is 32.3 Å². The first-order chi connectivity index (χ1) is 16.3. The highest BCUT2D eigenvalue weighted by Gasteiger charge is 2.24. The third-order valence-corrected chi connectivity index (χ3v) is 5.87. The van der Waals surface area contributed by atoms with Crippen molar-refractivity contribution in [3.05, 3.63) is 156 Å². The van der Waals surface area contributed by atoms with Crippen LogP contribution in [-0.2, 0) is 26.2 Å². The van der Waals surface area contributed by atoms with Gasteiger partial charge in [-0.05, 0) is 22.3 Å². The number of benzene rings is 4. The van der Waals surface area contributed by atoms with Gasteiger partial charge in [-0.15, -0.1) is 6.58 Å².